The van der Waals surface area contributed by atoms with Gasteiger partial charge >= 0.3 is 0 Å². The van der Waals surface area contributed by atoms with Crippen LogP contribution in [0.5, 0.6) is 0 Å². The van der Waals surface area contributed by atoms with Gasteiger partial charge in [-0.3, -0.25) is 0 Å². The molecule has 0 amide bonds. The average Bonchev–Trinajstić information content (AvgIpc) is 2.19. The molecule has 78 valence electrons. The Kier molecular flexibility index (Phi) is 5.35. The van der Waals surface area contributed by atoms with E-state index in [2.05, 4.69) is 12.2 Å². The highest BCUT2D eigenvalue weighted by atomic mass is 16.5. The van der Waals surface area contributed by atoms with Gasteiger partial charge in [-0.1, -0.05) is 0 Å². The maximum Gasteiger partial charge on any atom is 0.0616 e. The van der Waals surface area contributed by atoms with Crippen LogP contribution in [0.2, 0.25) is 0 Å². The quantitative estimate of drug-likeness (QED) is 0.697. The van der Waals surface area contributed by atoms with E-state index in [4.69, 9.17) is 9.47 Å². The minimum absolute atomic E-state index is 0.458. The van der Waals surface area contributed by atoms with Crippen LogP contribution in [0.15, 0.2) is 0 Å². The molecule has 0 aromatic rings. The second kappa shape index (κ2) is 6.35. The first-order valence-electron chi connectivity index (χ1n) is 5.15. The molecular formula is C10H21NO2. The van der Waals surface area contributed by atoms with Crippen molar-refractivity contribution in [2.24, 2.45) is 5.92 Å². The first kappa shape index (κ1) is 11.0. The third-order valence-electron chi connectivity index (χ3n) is 2.56. The maximum absolute atomic E-state index is 5.61. The normalized spacial score (nSPS) is 21.7. The number of likely N-dealkylation sites (N-methyl/N-ethyl adjacent to an activating group) is 1. The molecule has 1 aliphatic heterocycles. The number of hydrogen-bond acceptors (Lipinski definition) is 3. The Morgan fingerprint density at radius 1 is 1.46 bits per heavy atom. The molecule has 3 nitrogen and oxygen atoms in total. The van der Waals surface area contributed by atoms with Crippen LogP contribution in [-0.2, 0) is 9.47 Å². The molecule has 1 fully saturated rings. The molecule has 3 heteroatoms. The summed E-state index contributed by atoms with van der Waals surface area (Å²) < 4.78 is 10.9. The molecule has 0 radical (unpaired) electrons. The van der Waals surface area contributed by atoms with E-state index in [9.17, 15) is 0 Å². The Hall–Kier alpha value is -0.120. The van der Waals surface area contributed by atoms with Gasteiger partial charge in [0.05, 0.1) is 6.61 Å². The summed E-state index contributed by atoms with van der Waals surface area (Å²) in [5.74, 6) is 0.720. The molecule has 0 bridgehead atoms. The van der Waals surface area contributed by atoms with Crippen LogP contribution < -0.4 is 5.32 Å². The third kappa shape index (κ3) is 4.60. The fourth-order valence-electron chi connectivity index (χ4n) is 1.41. The van der Waals surface area contributed by atoms with Crippen molar-refractivity contribution in [2.45, 2.75) is 25.8 Å². The molecule has 0 saturated carbocycles. The minimum atomic E-state index is 0.458. The summed E-state index contributed by atoms with van der Waals surface area (Å²) in [7, 11) is 1.96. The summed E-state index contributed by atoms with van der Waals surface area (Å²) in [6, 6.07) is 0.458. The summed E-state index contributed by atoms with van der Waals surface area (Å²) in [6.45, 7) is 5.67. The second-order valence-corrected chi connectivity index (χ2v) is 3.78. The van der Waals surface area contributed by atoms with Crippen molar-refractivity contribution in [3.05, 3.63) is 0 Å². The van der Waals surface area contributed by atoms with Crippen LogP contribution in [0.3, 0.4) is 0 Å². The Morgan fingerprint density at radius 2 is 2.15 bits per heavy atom. The van der Waals surface area contributed by atoms with E-state index < -0.39 is 0 Å². The van der Waals surface area contributed by atoms with Gasteiger partial charge in [0.1, 0.15) is 0 Å². The Balaban J connectivity index is 1.98. The van der Waals surface area contributed by atoms with Crippen molar-refractivity contribution >= 4 is 0 Å². The summed E-state index contributed by atoms with van der Waals surface area (Å²) in [5, 5.41) is 3.15. The third-order valence-corrected chi connectivity index (χ3v) is 2.56. The van der Waals surface area contributed by atoms with E-state index in [0.29, 0.717) is 6.04 Å². The standard InChI is InChI=1S/C10H21NO2/c1-9(11-2)7-13-8-10-3-5-12-6-4-10/h9-11H,3-8H2,1-2H3. The lowest BCUT2D eigenvalue weighted by molar-refractivity contribution is 0.0168. The Morgan fingerprint density at radius 3 is 2.77 bits per heavy atom. The van der Waals surface area contributed by atoms with E-state index >= 15 is 0 Å². The van der Waals surface area contributed by atoms with Crippen LogP contribution in [-0.4, -0.2) is 39.5 Å². The van der Waals surface area contributed by atoms with Crippen LogP contribution in [0.25, 0.3) is 0 Å². The largest absolute Gasteiger partial charge is 0.381 e. The fraction of sp³-hybridized carbons (Fsp3) is 1.00. The summed E-state index contributed by atoms with van der Waals surface area (Å²) in [6.07, 6.45) is 2.32. The van der Waals surface area contributed by atoms with Crippen molar-refractivity contribution < 1.29 is 9.47 Å². The van der Waals surface area contributed by atoms with Crippen LogP contribution in [0, 0.1) is 5.92 Å². The Labute approximate surface area is 80.8 Å². The fourth-order valence-corrected chi connectivity index (χ4v) is 1.41. The zero-order valence-electron chi connectivity index (χ0n) is 8.71. The lowest BCUT2D eigenvalue weighted by Crippen LogP contribution is -2.28. The van der Waals surface area contributed by atoms with Gasteiger partial charge in [-0.15, -0.1) is 0 Å². The number of rotatable bonds is 5. The van der Waals surface area contributed by atoms with Crippen molar-refractivity contribution in [2.75, 3.05) is 33.5 Å². The maximum atomic E-state index is 5.61. The molecule has 0 spiro atoms. The molecule has 0 aromatic carbocycles. The molecule has 0 aromatic heterocycles. The van der Waals surface area contributed by atoms with Gasteiger partial charge in [0, 0.05) is 25.9 Å². The highest BCUT2D eigenvalue weighted by molar-refractivity contribution is 4.63. The smallest absolute Gasteiger partial charge is 0.0616 e. The van der Waals surface area contributed by atoms with Gasteiger partial charge in [-0.25, -0.2) is 0 Å². The number of nitrogens with one attached hydrogen (secondary N) is 1. The number of hydrogen-bond donors (Lipinski definition) is 1. The SMILES string of the molecule is CNC(C)COCC1CCOCC1. The van der Waals surface area contributed by atoms with Crippen molar-refractivity contribution in [1.29, 1.82) is 0 Å². The molecule has 13 heavy (non-hydrogen) atoms. The van der Waals surface area contributed by atoms with Crippen LogP contribution in [0.1, 0.15) is 19.8 Å². The lowest BCUT2D eigenvalue weighted by atomic mass is 10.0. The highest BCUT2D eigenvalue weighted by Crippen LogP contribution is 2.14. The predicted molar refractivity (Wildman–Crippen MR) is 52.9 cm³/mol. The molecule has 1 aliphatic rings. The topological polar surface area (TPSA) is 30.5 Å². The van der Waals surface area contributed by atoms with Gasteiger partial charge in [-0.05, 0) is 32.7 Å². The van der Waals surface area contributed by atoms with Gasteiger partial charge in [0.25, 0.3) is 0 Å². The van der Waals surface area contributed by atoms with E-state index in [-0.39, 0.29) is 0 Å². The van der Waals surface area contributed by atoms with Gasteiger partial charge < -0.3 is 14.8 Å². The van der Waals surface area contributed by atoms with Gasteiger partial charge in [0.2, 0.25) is 0 Å². The molecule has 1 rings (SSSR count). The summed E-state index contributed by atoms with van der Waals surface area (Å²) in [5.41, 5.74) is 0. The summed E-state index contributed by atoms with van der Waals surface area (Å²) in [4.78, 5) is 0. The van der Waals surface area contributed by atoms with E-state index in [1.165, 1.54) is 0 Å². The van der Waals surface area contributed by atoms with E-state index in [0.717, 1.165) is 45.2 Å². The Bertz CT molecular complexity index is 124. The first-order valence-corrected chi connectivity index (χ1v) is 5.15. The van der Waals surface area contributed by atoms with Crippen molar-refractivity contribution in [3.63, 3.8) is 0 Å². The van der Waals surface area contributed by atoms with E-state index in [1.807, 2.05) is 7.05 Å². The van der Waals surface area contributed by atoms with Crippen molar-refractivity contribution in [1.82, 2.24) is 5.32 Å². The van der Waals surface area contributed by atoms with Crippen LogP contribution >= 0.6 is 0 Å². The van der Waals surface area contributed by atoms with Crippen molar-refractivity contribution in [3.8, 4) is 0 Å². The zero-order valence-corrected chi connectivity index (χ0v) is 8.71. The molecular weight excluding hydrogens is 166 g/mol. The molecule has 1 N–H and O–H groups in total. The first-order chi connectivity index (χ1) is 6.33. The predicted octanol–water partition coefficient (Wildman–Crippen LogP) is 1.04. The van der Waals surface area contributed by atoms with Crippen LogP contribution in [0.4, 0.5) is 0 Å². The minimum Gasteiger partial charge on any atom is -0.381 e. The number of ether oxygens (including phenoxy) is 2. The molecule has 1 heterocycles. The van der Waals surface area contributed by atoms with E-state index in [1.54, 1.807) is 0 Å². The summed E-state index contributed by atoms with van der Waals surface area (Å²) >= 11 is 0. The van der Waals surface area contributed by atoms with Gasteiger partial charge in [0.15, 0.2) is 0 Å². The molecule has 0 aliphatic carbocycles. The highest BCUT2D eigenvalue weighted by Gasteiger charge is 2.13. The zero-order chi connectivity index (χ0) is 9.52. The monoisotopic (exact) mass is 187 g/mol. The molecule has 1 atom stereocenters. The average molecular weight is 187 g/mol. The lowest BCUT2D eigenvalue weighted by Gasteiger charge is -2.22. The van der Waals surface area contributed by atoms with Gasteiger partial charge in [-0.2, -0.15) is 0 Å². The second-order valence-electron chi connectivity index (χ2n) is 3.78. The molecule has 1 saturated heterocycles. The molecule has 1 unspecified atom stereocenters.